The van der Waals surface area contributed by atoms with Crippen LogP contribution in [0.5, 0.6) is 17.2 Å². The zero-order valence-corrected chi connectivity index (χ0v) is 17.3. The summed E-state index contributed by atoms with van der Waals surface area (Å²) in [6.07, 6.45) is 0. The summed E-state index contributed by atoms with van der Waals surface area (Å²) < 4.78 is 15.9. The van der Waals surface area contributed by atoms with Crippen LogP contribution in [0.25, 0.3) is 0 Å². The highest BCUT2D eigenvalue weighted by atomic mass is 16.5. The average molecular weight is 400 g/mol. The number of likely N-dealkylation sites (N-methyl/N-ethyl adjacent to an activating group) is 1. The molecule has 2 aromatic carbocycles. The van der Waals surface area contributed by atoms with Crippen molar-refractivity contribution in [1.29, 1.82) is 0 Å². The number of hydrogen-bond acceptors (Lipinski definition) is 5. The van der Waals surface area contributed by atoms with Gasteiger partial charge in [0, 0.05) is 13.1 Å². The third-order valence-corrected chi connectivity index (χ3v) is 4.45. The number of ether oxygens (including phenoxy) is 3. The summed E-state index contributed by atoms with van der Waals surface area (Å²) in [6.45, 7) is 4.16. The van der Waals surface area contributed by atoms with Crippen molar-refractivity contribution in [2.75, 3.05) is 27.4 Å². The van der Waals surface area contributed by atoms with Crippen molar-refractivity contribution in [3.63, 3.8) is 0 Å². The second kappa shape index (κ2) is 10.9. The lowest BCUT2D eigenvalue weighted by Crippen LogP contribution is -2.49. The number of carbonyl (C=O) groups excluding carboxylic acids is 2. The fourth-order valence-corrected chi connectivity index (χ4v) is 2.73. The Hall–Kier alpha value is -3.22. The van der Waals surface area contributed by atoms with E-state index in [9.17, 15) is 9.59 Å². The zero-order chi connectivity index (χ0) is 21.2. The van der Waals surface area contributed by atoms with E-state index in [-0.39, 0.29) is 25.0 Å². The Morgan fingerprint density at radius 3 is 1.97 bits per heavy atom. The second-order valence-electron chi connectivity index (χ2n) is 6.40. The van der Waals surface area contributed by atoms with E-state index in [2.05, 4.69) is 5.32 Å². The largest absolute Gasteiger partial charge is 0.497 e. The van der Waals surface area contributed by atoms with Crippen molar-refractivity contribution in [3.05, 3.63) is 54.1 Å². The van der Waals surface area contributed by atoms with Crippen LogP contribution in [0.15, 0.2) is 48.5 Å². The van der Waals surface area contributed by atoms with Gasteiger partial charge in [0.15, 0.2) is 6.61 Å². The quantitative estimate of drug-likeness (QED) is 0.663. The third kappa shape index (κ3) is 6.41. The maximum absolute atomic E-state index is 12.9. The molecule has 0 aliphatic carbocycles. The predicted molar refractivity (Wildman–Crippen MR) is 110 cm³/mol. The number of nitrogens with one attached hydrogen (secondary N) is 1. The lowest BCUT2D eigenvalue weighted by molar-refractivity contribution is -0.142. The summed E-state index contributed by atoms with van der Waals surface area (Å²) in [4.78, 5) is 26.7. The van der Waals surface area contributed by atoms with E-state index < -0.39 is 6.04 Å². The maximum Gasteiger partial charge on any atom is 0.261 e. The van der Waals surface area contributed by atoms with Crippen molar-refractivity contribution >= 4 is 11.8 Å². The topological polar surface area (TPSA) is 77.1 Å². The van der Waals surface area contributed by atoms with E-state index in [0.29, 0.717) is 18.0 Å². The van der Waals surface area contributed by atoms with Crippen LogP contribution in [0.3, 0.4) is 0 Å². The Morgan fingerprint density at radius 2 is 1.45 bits per heavy atom. The summed E-state index contributed by atoms with van der Waals surface area (Å²) in [5, 5.41) is 2.76. The van der Waals surface area contributed by atoms with Crippen molar-refractivity contribution in [2.24, 2.45) is 0 Å². The van der Waals surface area contributed by atoms with Gasteiger partial charge in [-0.1, -0.05) is 12.1 Å². The second-order valence-corrected chi connectivity index (χ2v) is 6.40. The first-order chi connectivity index (χ1) is 14.0. The van der Waals surface area contributed by atoms with E-state index >= 15 is 0 Å². The van der Waals surface area contributed by atoms with E-state index in [4.69, 9.17) is 14.2 Å². The zero-order valence-electron chi connectivity index (χ0n) is 17.3. The van der Waals surface area contributed by atoms with Gasteiger partial charge in [-0.3, -0.25) is 9.59 Å². The van der Waals surface area contributed by atoms with Crippen LogP contribution < -0.4 is 19.5 Å². The highest BCUT2D eigenvalue weighted by Gasteiger charge is 2.26. The maximum atomic E-state index is 12.9. The van der Waals surface area contributed by atoms with Crippen molar-refractivity contribution in [2.45, 2.75) is 26.4 Å². The first kappa shape index (κ1) is 22.1. The van der Waals surface area contributed by atoms with Crippen LogP contribution in [0.4, 0.5) is 0 Å². The van der Waals surface area contributed by atoms with E-state index in [1.54, 1.807) is 45.4 Å². The van der Waals surface area contributed by atoms with E-state index in [0.717, 1.165) is 11.3 Å². The lowest BCUT2D eigenvalue weighted by atomic mass is 10.1. The predicted octanol–water partition coefficient (Wildman–Crippen LogP) is 2.64. The SMILES string of the molecule is CCNC(=O)[C@H](C)N(Cc1ccc(OC)cc1)C(=O)COc1ccc(OC)cc1. The standard InChI is InChI=1S/C22H28N2O5/c1-5-23-22(26)16(2)24(14-17-6-8-18(27-3)9-7-17)21(25)15-29-20-12-10-19(28-4)11-13-20/h6-13,16H,5,14-15H2,1-4H3,(H,23,26)/t16-/m0/s1. The molecule has 29 heavy (non-hydrogen) atoms. The highest BCUT2D eigenvalue weighted by molar-refractivity contribution is 5.87. The number of rotatable bonds is 10. The minimum atomic E-state index is -0.635. The van der Waals surface area contributed by atoms with Crippen LogP contribution >= 0.6 is 0 Å². The molecule has 0 bridgehead atoms. The van der Waals surface area contributed by atoms with Crippen LogP contribution in [0.1, 0.15) is 19.4 Å². The average Bonchev–Trinajstić information content (AvgIpc) is 2.76. The van der Waals surface area contributed by atoms with Gasteiger partial charge in [-0.05, 0) is 55.8 Å². The van der Waals surface area contributed by atoms with Gasteiger partial charge < -0.3 is 24.4 Å². The highest BCUT2D eigenvalue weighted by Crippen LogP contribution is 2.18. The summed E-state index contributed by atoms with van der Waals surface area (Å²) >= 11 is 0. The van der Waals surface area contributed by atoms with Gasteiger partial charge in [0.1, 0.15) is 23.3 Å². The summed E-state index contributed by atoms with van der Waals surface area (Å²) in [5.41, 5.74) is 0.889. The molecule has 0 aromatic heterocycles. The molecule has 156 valence electrons. The molecule has 0 saturated carbocycles. The summed E-state index contributed by atoms with van der Waals surface area (Å²) in [6, 6.07) is 13.7. The minimum Gasteiger partial charge on any atom is -0.497 e. The Bertz CT molecular complexity index is 790. The molecule has 0 aliphatic rings. The number of benzene rings is 2. The fourth-order valence-electron chi connectivity index (χ4n) is 2.73. The van der Waals surface area contributed by atoms with Gasteiger partial charge >= 0.3 is 0 Å². The van der Waals surface area contributed by atoms with Gasteiger partial charge in [-0.15, -0.1) is 0 Å². The fraction of sp³-hybridized carbons (Fsp3) is 0.364. The van der Waals surface area contributed by atoms with Crippen LogP contribution in [0.2, 0.25) is 0 Å². The first-order valence-electron chi connectivity index (χ1n) is 9.45. The summed E-state index contributed by atoms with van der Waals surface area (Å²) in [7, 11) is 3.18. The first-order valence-corrected chi connectivity index (χ1v) is 9.45. The number of hydrogen-bond donors (Lipinski definition) is 1. The lowest BCUT2D eigenvalue weighted by Gasteiger charge is -2.28. The number of nitrogens with zero attached hydrogens (tertiary/aromatic N) is 1. The molecule has 7 nitrogen and oxygen atoms in total. The Morgan fingerprint density at radius 1 is 0.931 bits per heavy atom. The molecule has 1 N–H and O–H groups in total. The van der Waals surface area contributed by atoms with Gasteiger partial charge in [-0.25, -0.2) is 0 Å². The van der Waals surface area contributed by atoms with E-state index in [1.165, 1.54) is 4.90 Å². The van der Waals surface area contributed by atoms with Crippen LogP contribution in [-0.2, 0) is 16.1 Å². The monoisotopic (exact) mass is 400 g/mol. The number of methoxy groups -OCH3 is 2. The molecule has 0 heterocycles. The molecule has 0 fully saturated rings. The normalized spacial score (nSPS) is 11.3. The molecule has 0 aliphatic heterocycles. The molecular weight excluding hydrogens is 372 g/mol. The van der Waals surface area contributed by atoms with Crippen LogP contribution in [0, 0.1) is 0 Å². The molecule has 7 heteroatoms. The molecule has 0 spiro atoms. The molecule has 2 amide bonds. The van der Waals surface area contributed by atoms with Crippen molar-refractivity contribution < 1.29 is 23.8 Å². The molecule has 0 saturated heterocycles. The van der Waals surface area contributed by atoms with Gasteiger partial charge in [-0.2, -0.15) is 0 Å². The van der Waals surface area contributed by atoms with Crippen LogP contribution in [-0.4, -0.2) is 50.1 Å². The minimum absolute atomic E-state index is 0.174. The molecule has 1 atom stereocenters. The summed E-state index contributed by atoms with van der Waals surface area (Å²) in [5.74, 6) is 1.49. The van der Waals surface area contributed by atoms with E-state index in [1.807, 2.05) is 31.2 Å². The van der Waals surface area contributed by atoms with Crippen molar-refractivity contribution in [1.82, 2.24) is 10.2 Å². The third-order valence-electron chi connectivity index (χ3n) is 4.45. The Kier molecular flexibility index (Phi) is 8.33. The van der Waals surface area contributed by atoms with Gasteiger partial charge in [0.2, 0.25) is 5.91 Å². The Balaban J connectivity index is 2.10. The Labute approximate surface area is 171 Å². The molecule has 0 radical (unpaired) electrons. The number of carbonyl (C=O) groups is 2. The smallest absolute Gasteiger partial charge is 0.261 e. The number of amides is 2. The van der Waals surface area contributed by atoms with Gasteiger partial charge in [0.25, 0.3) is 5.91 Å². The van der Waals surface area contributed by atoms with Gasteiger partial charge in [0.05, 0.1) is 14.2 Å². The molecular formula is C22H28N2O5. The molecule has 2 rings (SSSR count). The van der Waals surface area contributed by atoms with Crippen molar-refractivity contribution in [3.8, 4) is 17.2 Å². The molecule has 2 aromatic rings. The molecule has 0 unspecified atom stereocenters.